The molecule has 152 valence electrons. The van der Waals surface area contributed by atoms with E-state index in [0.29, 0.717) is 13.1 Å². The van der Waals surface area contributed by atoms with Crippen molar-refractivity contribution >= 4 is 5.91 Å². The van der Waals surface area contributed by atoms with Crippen molar-refractivity contribution in [2.24, 2.45) is 17.8 Å². The summed E-state index contributed by atoms with van der Waals surface area (Å²) >= 11 is 0. The van der Waals surface area contributed by atoms with Crippen LogP contribution in [0.4, 0.5) is 4.39 Å². The quantitative estimate of drug-likeness (QED) is 0.839. The molecule has 5 fully saturated rings. The molecule has 1 N–H and O–H groups in total. The maximum Gasteiger partial charge on any atom is 0.278 e. The van der Waals surface area contributed by atoms with Crippen molar-refractivity contribution in [1.29, 1.82) is 0 Å². The number of amides is 1. The first-order chi connectivity index (χ1) is 13.6. The molecule has 4 nitrogen and oxygen atoms in total. The van der Waals surface area contributed by atoms with Crippen LogP contribution in [0.5, 0.6) is 0 Å². The van der Waals surface area contributed by atoms with E-state index in [4.69, 9.17) is 4.74 Å². The Bertz CT molecular complexity index is 679. The molecule has 4 aliphatic carbocycles. The van der Waals surface area contributed by atoms with E-state index < -0.39 is 0 Å². The Labute approximate surface area is 167 Å². The fourth-order valence-electron chi connectivity index (χ4n) is 6.83. The second-order valence-corrected chi connectivity index (χ2v) is 9.79. The van der Waals surface area contributed by atoms with Gasteiger partial charge >= 0.3 is 0 Å². The summed E-state index contributed by atoms with van der Waals surface area (Å²) in [4.78, 5) is 17.2. The van der Waals surface area contributed by atoms with Crippen LogP contribution in [0.1, 0.15) is 44.1 Å². The lowest BCUT2D eigenvalue weighted by Crippen LogP contribution is -3.15. The summed E-state index contributed by atoms with van der Waals surface area (Å²) in [6.45, 7) is 4.51. The van der Waals surface area contributed by atoms with Crippen LogP contribution in [-0.2, 0) is 16.1 Å². The Kier molecular flexibility index (Phi) is 4.92. The van der Waals surface area contributed by atoms with Crippen molar-refractivity contribution in [3.05, 3.63) is 35.6 Å². The average Bonchev–Trinajstić information content (AvgIpc) is 2.67. The van der Waals surface area contributed by atoms with E-state index in [0.717, 1.165) is 49.6 Å². The first-order valence-electron chi connectivity index (χ1n) is 11.1. The highest BCUT2D eigenvalue weighted by Gasteiger charge is 2.54. The second-order valence-electron chi connectivity index (χ2n) is 9.79. The van der Waals surface area contributed by atoms with E-state index in [1.807, 2.05) is 12.1 Å². The van der Waals surface area contributed by atoms with Gasteiger partial charge in [-0.3, -0.25) is 4.79 Å². The van der Waals surface area contributed by atoms with Gasteiger partial charge in [0.15, 0.2) is 6.54 Å². The van der Waals surface area contributed by atoms with Gasteiger partial charge in [0.05, 0.1) is 13.2 Å². The smallest absolute Gasteiger partial charge is 0.278 e. The van der Waals surface area contributed by atoms with Gasteiger partial charge in [-0.25, -0.2) is 4.39 Å². The Morgan fingerprint density at radius 1 is 1.04 bits per heavy atom. The van der Waals surface area contributed by atoms with Crippen molar-refractivity contribution in [2.45, 2.75) is 50.6 Å². The number of benzene rings is 1. The predicted octanol–water partition coefficient (Wildman–Crippen LogP) is 2.04. The van der Waals surface area contributed by atoms with Gasteiger partial charge in [0.2, 0.25) is 0 Å². The number of carbonyl (C=O) groups is 1. The standard InChI is InChI=1S/C23H31FN2O2/c24-21-3-1-17(2-4-21)15-26(22(27)16-25-5-7-28-8-6-25)23-12-18-9-19(13-23)11-20(10-18)14-23/h1-4,18-20H,5-16H2/p+1. The second kappa shape index (κ2) is 7.42. The van der Waals surface area contributed by atoms with Gasteiger partial charge in [-0.05, 0) is 74.0 Å². The lowest BCUT2D eigenvalue weighted by atomic mass is 9.52. The van der Waals surface area contributed by atoms with Crippen molar-refractivity contribution in [3.63, 3.8) is 0 Å². The number of halogens is 1. The van der Waals surface area contributed by atoms with Gasteiger partial charge in [0.1, 0.15) is 18.9 Å². The molecule has 1 heterocycles. The Balaban J connectivity index is 1.40. The van der Waals surface area contributed by atoms with Gasteiger partial charge in [-0.2, -0.15) is 0 Å². The molecule has 1 aromatic rings. The number of carbonyl (C=O) groups excluding carboxylic acids is 1. The molecule has 6 rings (SSSR count). The molecule has 0 aromatic heterocycles. The molecule has 4 saturated carbocycles. The van der Waals surface area contributed by atoms with Crippen LogP contribution in [0, 0.1) is 23.6 Å². The molecule has 1 saturated heterocycles. The zero-order chi connectivity index (χ0) is 19.1. The molecular weight excluding hydrogens is 355 g/mol. The van der Waals surface area contributed by atoms with E-state index >= 15 is 0 Å². The van der Waals surface area contributed by atoms with Crippen LogP contribution in [-0.4, -0.2) is 49.2 Å². The summed E-state index contributed by atoms with van der Waals surface area (Å²) in [7, 11) is 0. The van der Waals surface area contributed by atoms with Crippen molar-refractivity contribution in [3.8, 4) is 0 Å². The van der Waals surface area contributed by atoms with Crippen molar-refractivity contribution in [2.75, 3.05) is 32.8 Å². The third-order valence-electron chi connectivity index (χ3n) is 7.73. The summed E-state index contributed by atoms with van der Waals surface area (Å²) in [5, 5.41) is 0. The maximum absolute atomic E-state index is 13.6. The largest absolute Gasteiger partial charge is 0.370 e. The number of morpholine rings is 1. The van der Waals surface area contributed by atoms with Crippen molar-refractivity contribution < 1.29 is 18.8 Å². The molecular formula is C23H32FN2O2+. The Hall–Kier alpha value is -1.46. The minimum atomic E-state index is -0.214. The molecule has 5 heteroatoms. The highest BCUT2D eigenvalue weighted by Crippen LogP contribution is 2.58. The van der Waals surface area contributed by atoms with Gasteiger partial charge < -0.3 is 14.5 Å². The monoisotopic (exact) mass is 387 g/mol. The fourth-order valence-corrected chi connectivity index (χ4v) is 6.83. The van der Waals surface area contributed by atoms with Crippen LogP contribution in [0.15, 0.2) is 24.3 Å². The Morgan fingerprint density at radius 3 is 2.18 bits per heavy atom. The van der Waals surface area contributed by atoms with Crippen LogP contribution < -0.4 is 4.90 Å². The first kappa shape index (κ1) is 18.6. The van der Waals surface area contributed by atoms with E-state index in [1.165, 1.54) is 55.6 Å². The molecule has 28 heavy (non-hydrogen) atoms. The first-order valence-corrected chi connectivity index (χ1v) is 11.1. The summed E-state index contributed by atoms with van der Waals surface area (Å²) in [6.07, 6.45) is 7.62. The predicted molar refractivity (Wildman–Crippen MR) is 104 cm³/mol. The number of hydrogen-bond acceptors (Lipinski definition) is 2. The summed E-state index contributed by atoms with van der Waals surface area (Å²) in [5.74, 6) is 2.46. The zero-order valence-electron chi connectivity index (χ0n) is 16.7. The van der Waals surface area contributed by atoms with Gasteiger partial charge in [0.25, 0.3) is 5.91 Å². The number of hydrogen-bond donors (Lipinski definition) is 1. The summed E-state index contributed by atoms with van der Waals surface area (Å²) in [5.41, 5.74) is 1.08. The normalized spacial score (nSPS) is 34.5. The van der Waals surface area contributed by atoms with Gasteiger partial charge in [-0.1, -0.05) is 12.1 Å². The summed E-state index contributed by atoms with van der Waals surface area (Å²) in [6, 6.07) is 6.73. The number of quaternary nitrogens is 1. The van der Waals surface area contributed by atoms with Crippen LogP contribution in [0.3, 0.4) is 0 Å². The number of ether oxygens (including phenoxy) is 1. The van der Waals surface area contributed by atoms with E-state index in [1.54, 1.807) is 0 Å². The molecule has 0 spiro atoms. The lowest BCUT2D eigenvalue weighted by molar-refractivity contribution is -0.900. The molecule has 0 atom stereocenters. The van der Waals surface area contributed by atoms with Crippen LogP contribution in [0.2, 0.25) is 0 Å². The maximum atomic E-state index is 13.6. The van der Waals surface area contributed by atoms with E-state index in [-0.39, 0.29) is 17.3 Å². The molecule has 1 amide bonds. The van der Waals surface area contributed by atoms with Gasteiger partial charge in [-0.15, -0.1) is 0 Å². The van der Waals surface area contributed by atoms with Crippen LogP contribution in [0.25, 0.3) is 0 Å². The number of rotatable bonds is 5. The van der Waals surface area contributed by atoms with Crippen molar-refractivity contribution in [1.82, 2.24) is 4.90 Å². The minimum absolute atomic E-state index is 0.0337. The van der Waals surface area contributed by atoms with E-state index in [9.17, 15) is 9.18 Å². The molecule has 1 aliphatic heterocycles. The highest BCUT2D eigenvalue weighted by molar-refractivity contribution is 5.78. The SMILES string of the molecule is O=C(C[NH+]1CCOCC1)N(Cc1ccc(F)cc1)C12CC3CC(CC(C3)C1)C2. The molecule has 4 bridgehead atoms. The molecule has 0 unspecified atom stereocenters. The van der Waals surface area contributed by atoms with Gasteiger partial charge in [0, 0.05) is 12.1 Å². The third-order valence-corrected chi connectivity index (χ3v) is 7.73. The number of nitrogens with one attached hydrogen (secondary N) is 1. The Morgan fingerprint density at radius 2 is 1.61 bits per heavy atom. The fraction of sp³-hybridized carbons (Fsp3) is 0.696. The molecule has 1 aromatic carbocycles. The average molecular weight is 388 g/mol. The third kappa shape index (κ3) is 3.59. The molecule has 0 radical (unpaired) electrons. The number of nitrogens with zero attached hydrogens (tertiary/aromatic N) is 1. The highest BCUT2D eigenvalue weighted by atomic mass is 19.1. The molecule has 5 aliphatic rings. The van der Waals surface area contributed by atoms with Crippen LogP contribution >= 0.6 is 0 Å². The zero-order valence-corrected chi connectivity index (χ0v) is 16.7. The summed E-state index contributed by atoms with van der Waals surface area (Å²) < 4.78 is 18.9. The minimum Gasteiger partial charge on any atom is -0.370 e. The van der Waals surface area contributed by atoms with E-state index in [2.05, 4.69) is 4.90 Å². The topological polar surface area (TPSA) is 34.0 Å². The lowest BCUT2D eigenvalue weighted by Gasteiger charge is -2.60.